The fourth-order valence-electron chi connectivity index (χ4n) is 4.05. The van der Waals surface area contributed by atoms with Crippen molar-refractivity contribution in [2.24, 2.45) is 0 Å². The lowest BCUT2D eigenvalue weighted by Crippen LogP contribution is -2.53. The van der Waals surface area contributed by atoms with Gasteiger partial charge in [-0.2, -0.15) is 0 Å². The van der Waals surface area contributed by atoms with Gasteiger partial charge in [-0.15, -0.1) is 0 Å². The van der Waals surface area contributed by atoms with Crippen molar-refractivity contribution in [3.8, 4) is 0 Å². The maximum absolute atomic E-state index is 14.0. The van der Waals surface area contributed by atoms with Gasteiger partial charge in [0.15, 0.2) is 0 Å². The normalized spacial score (nSPS) is 12.1. The van der Waals surface area contributed by atoms with Crippen LogP contribution in [0.25, 0.3) is 0 Å². The highest BCUT2D eigenvalue weighted by Crippen LogP contribution is 2.29. The minimum absolute atomic E-state index is 0.113. The lowest BCUT2D eigenvalue weighted by atomic mass is 10.0. The number of likely N-dealkylation sites (N-methyl/N-ethyl adjacent to an activating group) is 1. The Balaban J connectivity index is 2.09. The monoisotopic (exact) mass is 609 g/mol. The van der Waals surface area contributed by atoms with Gasteiger partial charge in [0.25, 0.3) is 0 Å². The summed E-state index contributed by atoms with van der Waals surface area (Å²) in [6.07, 6.45) is 1.20. The van der Waals surface area contributed by atoms with Gasteiger partial charge in [-0.25, -0.2) is 8.42 Å². The van der Waals surface area contributed by atoms with Crippen LogP contribution in [-0.2, 0) is 32.6 Å². The summed E-state index contributed by atoms with van der Waals surface area (Å²) in [5, 5.41) is 3.79. The summed E-state index contributed by atoms with van der Waals surface area (Å²) in [5.74, 6) is -0.998. The molecule has 0 radical (unpaired) electrons. The van der Waals surface area contributed by atoms with Crippen molar-refractivity contribution in [2.75, 3.05) is 23.7 Å². The van der Waals surface area contributed by atoms with E-state index in [2.05, 4.69) is 5.32 Å². The number of benzene rings is 3. The summed E-state index contributed by atoms with van der Waals surface area (Å²) >= 11 is 19.2. The zero-order valence-corrected chi connectivity index (χ0v) is 24.9. The van der Waals surface area contributed by atoms with Gasteiger partial charge in [0.05, 0.1) is 11.9 Å². The van der Waals surface area contributed by atoms with E-state index in [9.17, 15) is 18.0 Å². The SMILES string of the molecule is CCNC(=O)[C@H](Cc1ccccc1)N(Cc1c(Cl)cccc1Cl)C(=O)CN(c1ccc(C)c(Cl)c1)S(C)(=O)=O. The number of rotatable bonds is 11. The molecule has 7 nitrogen and oxygen atoms in total. The van der Waals surface area contributed by atoms with Crippen LogP contribution in [-0.4, -0.2) is 50.5 Å². The van der Waals surface area contributed by atoms with Gasteiger partial charge in [-0.1, -0.05) is 77.3 Å². The van der Waals surface area contributed by atoms with E-state index >= 15 is 0 Å². The fraction of sp³-hybridized carbons (Fsp3) is 0.286. The molecule has 0 heterocycles. The van der Waals surface area contributed by atoms with Crippen molar-refractivity contribution in [2.45, 2.75) is 32.9 Å². The average molecular weight is 611 g/mol. The van der Waals surface area contributed by atoms with Gasteiger partial charge in [0.1, 0.15) is 12.6 Å². The number of nitrogens with zero attached hydrogens (tertiary/aromatic N) is 2. The first-order chi connectivity index (χ1) is 18.4. The highest BCUT2D eigenvalue weighted by atomic mass is 35.5. The lowest BCUT2D eigenvalue weighted by molar-refractivity contribution is -0.140. The van der Waals surface area contributed by atoms with E-state index in [1.54, 1.807) is 44.2 Å². The zero-order chi connectivity index (χ0) is 28.7. The van der Waals surface area contributed by atoms with Crippen molar-refractivity contribution >= 4 is 62.3 Å². The first kappa shape index (κ1) is 30.8. The second kappa shape index (κ2) is 13.5. The summed E-state index contributed by atoms with van der Waals surface area (Å²) in [4.78, 5) is 28.7. The third kappa shape index (κ3) is 8.11. The summed E-state index contributed by atoms with van der Waals surface area (Å²) in [6, 6.07) is 18.0. The smallest absolute Gasteiger partial charge is 0.244 e. The molecule has 0 fully saturated rings. The van der Waals surface area contributed by atoms with Gasteiger partial charge in [-0.3, -0.25) is 13.9 Å². The Bertz CT molecular complexity index is 1410. The molecule has 3 aromatic rings. The molecule has 0 bridgehead atoms. The molecule has 11 heteroatoms. The van der Waals surface area contributed by atoms with E-state index in [1.807, 2.05) is 30.3 Å². The number of hydrogen-bond donors (Lipinski definition) is 1. The number of halogens is 3. The van der Waals surface area contributed by atoms with Gasteiger partial charge in [0, 0.05) is 40.1 Å². The predicted molar refractivity (Wildman–Crippen MR) is 158 cm³/mol. The van der Waals surface area contributed by atoms with Crippen LogP contribution in [0.3, 0.4) is 0 Å². The van der Waals surface area contributed by atoms with Crippen LogP contribution in [0, 0.1) is 6.92 Å². The zero-order valence-electron chi connectivity index (χ0n) is 21.8. The summed E-state index contributed by atoms with van der Waals surface area (Å²) in [5.41, 5.74) is 2.26. The summed E-state index contributed by atoms with van der Waals surface area (Å²) in [7, 11) is -3.91. The number of nitrogens with one attached hydrogen (secondary N) is 1. The third-order valence-electron chi connectivity index (χ3n) is 6.13. The van der Waals surface area contributed by atoms with Crippen molar-refractivity contribution in [1.82, 2.24) is 10.2 Å². The van der Waals surface area contributed by atoms with Crippen molar-refractivity contribution in [3.05, 3.63) is 98.5 Å². The standard InChI is InChI=1S/C28H30Cl3N3O4S/c1-4-32-28(36)26(15-20-9-6-5-7-10-20)33(17-22-23(29)11-8-12-24(22)30)27(35)18-34(39(3,37)38)21-14-13-19(2)25(31)16-21/h5-14,16,26H,4,15,17-18H2,1-3H3,(H,32,36)/t26-/m0/s1. The summed E-state index contributed by atoms with van der Waals surface area (Å²) in [6.45, 7) is 3.23. The van der Waals surface area contributed by atoms with Crippen molar-refractivity contribution < 1.29 is 18.0 Å². The predicted octanol–water partition coefficient (Wildman–Crippen LogP) is 5.50. The molecule has 0 saturated heterocycles. The number of amides is 2. The van der Waals surface area contributed by atoms with Gasteiger partial charge in [0.2, 0.25) is 21.8 Å². The van der Waals surface area contributed by atoms with Crippen molar-refractivity contribution in [3.63, 3.8) is 0 Å². The molecule has 0 saturated carbocycles. The maximum Gasteiger partial charge on any atom is 0.244 e. The molecule has 0 aliphatic rings. The minimum atomic E-state index is -3.91. The Morgan fingerprint density at radius 3 is 2.13 bits per heavy atom. The van der Waals surface area contributed by atoms with Crippen LogP contribution in [0.1, 0.15) is 23.6 Å². The molecule has 0 aliphatic carbocycles. The molecule has 0 aromatic heterocycles. The number of hydrogen-bond acceptors (Lipinski definition) is 4. The first-order valence-electron chi connectivity index (χ1n) is 12.2. The molecule has 39 heavy (non-hydrogen) atoms. The maximum atomic E-state index is 14.0. The average Bonchev–Trinajstić information content (AvgIpc) is 2.88. The number of carbonyl (C=O) groups is 2. The Kier molecular flexibility index (Phi) is 10.7. The second-order valence-corrected chi connectivity index (χ2v) is 12.2. The van der Waals surface area contributed by atoms with E-state index < -0.39 is 28.5 Å². The van der Waals surface area contributed by atoms with E-state index in [4.69, 9.17) is 34.8 Å². The molecule has 2 amide bonds. The molecule has 1 N–H and O–H groups in total. The van der Waals surface area contributed by atoms with Crippen LogP contribution in [0.5, 0.6) is 0 Å². The molecule has 0 spiro atoms. The van der Waals surface area contributed by atoms with Crippen LogP contribution < -0.4 is 9.62 Å². The first-order valence-corrected chi connectivity index (χ1v) is 15.2. The van der Waals surface area contributed by atoms with Gasteiger partial charge >= 0.3 is 0 Å². The molecular weight excluding hydrogens is 581 g/mol. The second-order valence-electron chi connectivity index (χ2n) is 9.03. The van der Waals surface area contributed by atoms with Crippen LogP contribution in [0.4, 0.5) is 5.69 Å². The highest BCUT2D eigenvalue weighted by molar-refractivity contribution is 7.92. The molecule has 0 unspecified atom stereocenters. The van der Waals surface area contributed by atoms with Crippen LogP contribution in [0.2, 0.25) is 15.1 Å². The lowest BCUT2D eigenvalue weighted by Gasteiger charge is -2.34. The van der Waals surface area contributed by atoms with Gasteiger partial charge < -0.3 is 10.2 Å². The van der Waals surface area contributed by atoms with Gasteiger partial charge in [-0.05, 0) is 49.2 Å². The van der Waals surface area contributed by atoms with E-state index in [1.165, 1.54) is 11.0 Å². The Morgan fingerprint density at radius 1 is 0.923 bits per heavy atom. The molecular formula is C28H30Cl3N3O4S. The van der Waals surface area contributed by atoms with E-state index in [-0.39, 0.29) is 24.6 Å². The molecule has 3 aromatic carbocycles. The largest absolute Gasteiger partial charge is 0.355 e. The third-order valence-corrected chi connectivity index (χ3v) is 8.39. The van der Waals surface area contributed by atoms with E-state index in [0.29, 0.717) is 27.2 Å². The minimum Gasteiger partial charge on any atom is -0.355 e. The number of anilines is 1. The van der Waals surface area contributed by atoms with E-state index in [0.717, 1.165) is 21.7 Å². The Labute approximate surface area is 244 Å². The Morgan fingerprint density at radius 2 is 1.56 bits per heavy atom. The number of carbonyl (C=O) groups excluding carboxylic acids is 2. The number of sulfonamides is 1. The fourth-order valence-corrected chi connectivity index (χ4v) is 5.58. The quantitative estimate of drug-likeness (QED) is 0.311. The number of aryl methyl sites for hydroxylation is 1. The molecule has 0 aliphatic heterocycles. The molecule has 1 atom stereocenters. The topological polar surface area (TPSA) is 86.8 Å². The van der Waals surface area contributed by atoms with Crippen LogP contribution >= 0.6 is 34.8 Å². The highest BCUT2D eigenvalue weighted by Gasteiger charge is 2.33. The Hall–Kier alpha value is -2.78. The summed E-state index contributed by atoms with van der Waals surface area (Å²) < 4.78 is 26.7. The molecule has 3 rings (SSSR count). The van der Waals surface area contributed by atoms with Crippen molar-refractivity contribution in [1.29, 1.82) is 0 Å². The van der Waals surface area contributed by atoms with Crippen LogP contribution in [0.15, 0.2) is 66.7 Å². The molecule has 208 valence electrons.